The van der Waals surface area contributed by atoms with Gasteiger partial charge in [-0.1, -0.05) is 19.3 Å². The molecule has 30 heavy (non-hydrogen) atoms. The quantitative estimate of drug-likeness (QED) is 0.770. The average molecular weight is 418 g/mol. The molecule has 166 valence electrons. The van der Waals surface area contributed by atoms with Crippen LogP contribution >= 0.6 is 0 Å². The number of amides is 2. The maximum atomic E-state index is 13.1. The molecule has 2 saturated heterocycles. The summed E-state index contributed by atoms with van der Waals surface area (Å²) >= 11 is 0. The topological polar surface area (TPSA) is 75.0 Å². The SMILES string of the molecule is Cc1ccc([C@@H](CNC(=O)[C@H]2CCCN2C(=O)C2CCCCC2)N2CCOCC2)o1. The number of rotatable bonds is 6. The zero-order valence-corrected chi connectivity index (χ0v) is 18.1. The lowest BCUT2D eigenvalue weighted by Gasteiger charge is -2.34. The highest BCUT2D eigenvalue weighted by Gasteiger charge is 2.37. The van der Waals surface area contributed by atoms with Gasteiger partial charge in [0, 0.05) is 32.1 Å². The molecule has 3 aliphatic rings. The summed E-state index contributed by atoms with van der Waals surface area (Å²) in [6, 6.07) is 3.61. The molecule has 0 radical (unpaired) electrons. The molecule has 3 fully saturated rings. The van der Waals surface area contributed by atoms with Gasteiger partial charge in [-0.3, -0.25) is 14.5 Å². The molecule has 0 aromatic carbocycles. The van der Waals surface area contributed by atoms with Crippen molar-refractivity contribution in [3.8, 4) is 0 Å². The van der Waals surface area contributed by atoms with Gasteiger partial charge < -0.3 is 19.4 Å². The number of aryl methyl sites for hydroxylation is 1. The van der Waals surface area contributed by atoms with Crippen LogP contribution in [0.1, 0.15) is 62.5 Å². The van der Waals surface area contributed by atoms with E-state index in [-0.39, 0.29) is 29.8 Å². The Hall–Kier alpha value is -1.86. The smallest absolute Gasteiger partial charge is 0.242 e. The summed E-state index contributed by atoms with van der Waals surface area (Å²) in [7, 11) is 0. The summed E-state index contributed by atoms with van der Waals surface area (Å²) in [6.07, 6.45) is 7.09. The Labute approximate surface area is 179 Å². The molecule has 7 heteroatoms. The normalized spacial score (nSPS) is 24.7. The van der Waals surface area contributed by atoms with Crippen molar-refractivity contribution in [3.05, 3.63) is 23.7 Å². The van der Waals surface area contributed by atoms with Gasteiger partial charge in [-0.25, -0.2) is 0 Å². The van der Waals surface area contributed by atoms with E-state index in [1.54, 1.807) is 0 Å². The third kappa shape index (κ3) is 4.89. The lowest BCUT2D eigenvalue weighted by Crippen LogP contribution is -2.50. The molecule has 1 aromatic heterocycles. The third-order valence-corrected chi connectivity index (χ3v) is 6.84. The summed E-state index contributed by atoms with van der Waals surface area (Å²) in [5.41, 5.74) is 0. The second kappa shape index (κ2) is 9.96. The first-order chi connectivity index (χ1) is 14.6. The predicted molar refractivity (Wildman–Crippen MR) is 113 cm³/mol. The second-order valence-electron chi connectivity index (χ2n) is 8.88. The van der Waals surface area contributed by atoms with Crippen LogP contribution in [0.25, 0.3) is 0 Å². The number of likely N-dealkylation sites (tertiary alicyclic amines) is 1. The highest BCUT2D eigenvalue weighted by atomic mass is 16.5. The predicted octanol–water partition coefficient (Wildman–Crippen LogP) is 2.65. The Morgan fingerprint density at radius 1 is 1.07 bits per heavy atom. The summed E-state index contributed by atoms with van der Waals surface area (Å²) in [4.78, 5) is 30.3. The highest BCUT2D eigenvalue weighted by Crippen LogP contribution is 2.29. The van der Waals surface area contributed by atoms with Crippen LogP contribution in [-0.2, 0) is 14.3 Å². The molecule has 0 unspecified atom stereocenters. The van der Waals surface area contributed by atoms with Crippen molar-refractivity contribution in [2.45, 2.75) is 64.0 Å². The Morgan fingerprint density at radius 3 is 2.53 bits per heavy atom. The molecule has 7 nitrogen and oxygen atoms in total. The Bertz CT molecular complexity index is 722. The van der Waals surface area contributed by atoms with Crippen LogP contribution in [0.2, 0.25) is 0 Å². The molecule has 0 spiro atoms. The lowest BCUT2D eigenvalue weighted by atomic mass is 9.88. The third-order valence-electron chi connectivity index (χ3n) is 6.84. The molecule has 2 amide bonds. The number of carbonyl (C=O) groups excluding carboxylic acids is 2. The van der Waals surface area contributed by atoms with Gasteiger partial charge in [0.1, 0.15) is 17.6 Å². The van der Waals surface area contributed by atoms with Crippen LogP contribution < -0.4 is 5.32 Å². The standard InChI is InChI=1S/C23H35N3O4/c1-17-9-10-21(30-17)20(25-12-14-29-15-13-25)16-24-22(27)19-8-5-11-26(19)23(28)18-6-3-2-4-7-18/h9-10,18-20H,2-8,11-16H2,1H3,(H,24,27)/t19-,20-/m1/s1. The minimum atomic E-state index is -0.330. The molecule has 0 bridgehead atoms. The minimum absolute atomic E-state index is 0.0181. The van der Waals surface area contributed by atoms with Gasteiger partial charge in [-0.2, -0.15) is 0 Å². The fraction of sp³-hybridized carbons (Fsp3) is 0.739. The molecule has 4 rings (SSSR count). The van der Waals surface area contributed by atoms with Crippen molar-refractivity contribution in [3.63, 3.8) is 0 Å². The van der Waals surface area contributed by atoms with E-state index in [2.05, 4.69) is 10.2 Å². The number of morpholine rings is 1. The van der Waals surface area contributed by atoms with Gasteiger partial charge in [-0.05, 0) is 44.7 Å². The number of furan rings is 1. The van der Waals surface area contributed by atoms with Crippen molar-refractivity contribution in [2.24, 2.45) is 5.92 Å². The van der Waals surface area contributed by atoms with Crippen LogP contribution in [0.15, 0.2) is 16.5 Å². The molecule has 3 heterocycles. The first kappa shape index (κ1) is 21.4. The van der Waals surface area contributed by atoms with E-state index in [1.807, 2.05) is 24.0 Å². The maximum Gasteiger partial charge on any atom is 0.242 e. The molecular weight excluding hydrogens is 382 g/mol. The Balaban J connectivity index is 1.39. The fourth-order valence-electron chi connectivity index (χ4n) is 5.13. The lowest BCUT2D eigenvalue weighted by molar-refractivity contribution is -0.142. The molecule has 1 aliphatic carbocycles. The van der Waals surface area contributed by atoms with Gasteiger partial charge in [0.25, 0.3) is 0 Å². The Morgan fingerprint density at radius 2 is 1.83 bits per heavy atom. The highest BCUT2D eigenvalue weighted by molar-refractivity contribution is 5.89. The summed E-state index contributed by atoms with van der Waals surface area (Å²) in [5, 5.41) is 3.14. The van der Waals surface area contributed by atoms with Gasteiger partial charge in [-0.15, -0.1) is 0 Å². The van der Waals surface area contributed by atoms with E-state index < -0.39 is 0 Å². The molecular formula is C23H35N3O4. The summed E-state index contributed by atoms with van der Waals surface area (Å²) < 4.78 is 11.4. The Kier molecular flexibility index (Phi) is 7.10. The van der Waals surface area contributed by atoms with Crippen molar-refractivity contribution in [1.29, 1.82) is 0 Å². The van der Waals surface area contributed by atoms with Crippen molar-refractivity contribution in [1.82, 2.24) is 15.1 Å². The summed E-state index contributed by atoms with van der Waals surface area (Å²) in [5.74, 6) is 2.02. The number of hydrogen-bond donors (Lipinski definition) is 1. The van der Waals surface area contributed by atoms with E-state index in [1.165, 1.54) is 6.42 Å². The van der Waals surface area contributed by atoms with Crippen molar-refractivity contribution < 1.29 is 18.7 Å². The van der Waals surface area contributed by atoms with Gasteiger partial charge in [0.2, 0.25) is 11.8 Å². The van der Waals surface area contributed by atoms with E-state index in [0.717, 1.165) is 63.1 Å². The first-order valence-electron chi connectivity index (χ1n) is 11.6. The zero-order valence-electron chi connectivity index (χ0n) is 18.1. The number of nitrogens with one attached hydrogen (secondary N) is 1. The number of hydrogen-bond acceptors (Lipinski definition) is 5. The minimum Gasteiger partial charge on any atom is -0.465 e. The molecule has 1 saturated carbocycles. The first-order valence-corrected chi connectivity index (χ1v) is 11.6. The van der Waals surface area contributed by atoms with E-state index in [0.29, 0.717) is 26.3 Å². The van der Waals surface area contributed by atoms with Crippen LogP contribution in [0.4, 0.5) is 0 Å². The van der Waals surface area contributed by atoms with Crippen LogP contribution in [0.3, 0.4) is 0 Å². The monoisotopic (exact) mass is 417 g/mol. The van der Waals surface area contributed by atoms with Gasteiger partial charge in [0.15, 0.2) is 0 Å². The fourth-order valence-corrected chi connectivity index (χ4v) is 5.13. The zero-order chi connectivity index (χ0) is 20.9. The second-order valence-corrected chi connectivity index (χ2v) is 8.88. The largest absolute Gasteiger partial charge is 0.465 e. The molecule has 1 N–H and O–H groups in total. The molecule has 2 atom stereocenters. The molecule has 1 aromatic rings. The van der Waals surface area contributed by atoms with E-state index in [9.17, 15) is 9.59 Å². The van der Waals surface area contributed by atoms with Crippen LogP contribution in [0, 0.1) is 12.8 Å². The summed E-state index contributed by atoms with van der Waals surface area (Å²) in [6.45, 7) is 6.13. The van der Waals surface area contributed by atoms with Crippen molar-refractivity contribution in [2.75, 3.05) is 39.4 Å². The van der Waals surface area contributed by atoms with E-state index in [4.69, 9.17) is 9.15 Å². The van der Waals surface area contributed by atoms with Gasteiger partial charge in [0.05, 0.1) is 19.3 Å². The number of ether oxygens (including phenoxy) is 1. The van der Waals surface area contributed by atoms with Crippen molar-refractivity contribution >= 4 is 11.8 Å². The van der Waals surface area contributed by atoms with Gasteiger partial charge >= 0.3 is 0 Å². The number of nitrogens with zero attached hydrogens (tertiary/aromatic N) is 2. The molecule has 2 aliphatic heterocycles. The van der Waals surface area contributed by atoms with E-state index >= 15 is 0 Å². The average Bonchev–Trinajstić information content (AvgIpc) is 3.44. The number of carbonyl (C=O) groups is 2. The maximum absolute atomic E-state index is 13.1. The van der Waals surface area contributed by atoms with Crippen LogP contribution in [0.5, 0.6) is 0 Å². The van der Waals surface area contributed by atoms with Crippen LogP contribution in [-0.4, -0.2) is 67.0 Å².